The van der Waals surface area contributed by atoms with Crippen molar-refractivity contribution in [1.29, 1.82) is 0 Å². The molecule has 1 fully saturated rings. The summed E-state index contributed by atoms with van der Waals surface area (Å²) in [6.07, 6.45) is 1.76. The van der Waals surface area contributed by atoms with Gasteiger partial charge in [0, 0.05) is 37.8 Å². The van der Waals surface area contributed by atoms with Crippen LogP contribution in [0, 0.1) is 0 Å². The van der Waals surface area contributed by atoms with Gasteiger partial charge in [0.2, 0.25) is 5.91 Å². The Morgan fingerprint density at radius 1 is 1.11 bits per heavy atom. The third kappa shape index (κ3) is 6.93. The minimum atomic E-state index is -4.69. The largest absolute Gasteiger partial charge is 0.372 e. The van der Waals surface area contributed by atoms with E-state index >= 15 is 0 Å². The van der Waals surface area contributed by atoms with Crippen LogP contribution in [0.1, 0.15) is 19.5 Å². The molecule has 0 spiro atoms. The zero-order valence-electron chi connectivity index (χ0n) is 20.4. The Balaban J connectivity index is 1.43. The molecule has 2 N–H and O–H groups in total. The van der Waals surface area contributed by atoms with Gasteiger partial charge in [0.1, 0.15) is 5.82 Å². The summed E-state index contributed by atoms with van der Waals surface area (Å²) in [5, 5.41) is 3.27. The summed E-state index contributed by atoms with van der Waals surface area (Å²) in [5.74, 6) is -3.10. The summed E-state index contributed by atoms with van der Waals surface area (Å²) in [4.78, 5) is 28.2. The van der Waals surface area contributed by atoms with Gasteiger partial charge in [-0.25, -0.2) is 23.1 Å². The van der Waals surface area contributed by atoms with Gasteiger partial charge < -0.3 is 15.0 Å². The van der Waals surface area contributed by atoms with E-state index in [1.165, 1.54) is 0 Å². The maximum atomic E-state index is 12.3. The Bertz CT molecular complexity index is 1360. The maximum Gasteiger partial charge on any atom is 0.350 e. The molecule has 0 bridgehead atoms. The zero-order valence-corrected chi connectivity index (χ0v) is 21.2. The molecule has 1 aliphatic rings. The van der Waals surface area contributed by atoms with Crippen LogP contribution in [-0.2, 0) is 26.0 Å². The predicted molar refractivity (Wildman–Crippen MR) is 135 cm³/mol. The van der Waals surface area contributed by atoms with E-state index in [9.17, 15) is 22.0 Å². The first-order valence-corrected chi connectivity index (χ1v) is 13.3. The number of fused-ring (bicyclic) bond motifs is 1. The highest BCUT2D eigenvalue weighted by atomic mass is 32.2. The summed E-state index contributed by atoms with van der Waals surface area (Å²) in [6.45, 7) is 5.10. The molecule has 198 valence electrons. The van der Waals surface area contributed by atoms with Crippen LogP contribution < -0.4 is 14.9 Å². The lowest BCUT2D eigenvalue weighted by molar-refractivity contribution is -0.120. The van der Waals surface area contributed by atoms with Crippen molar-refractivity contribution >= 4 is 32.7 Å². The molecule has 37 heavy (non-hydrogen) atoms. The number of alkyl halides is 2. The molecule has 0 saturated carbocycles. The number of pyridine rings is 3. The number of ether oxygens (including phenoxy) is 1. The molecule has 3 aromatic rings. The van der Waals surface area contributed by atoms with E-state index in [0.29, 0.717) is 22.6 Å². The van der Waals surface area contributed by atoms with Gasteiger partial charge in [-0.3, -0.25) is 9.78 Å². The summed E-state index contributed by atoms with van der Waals surface area (Å²) < 4.78 is 54.3. The van der Waals surface area contributed by atoms with Crippen LogP contribution in [-0.4, -0.2) is 73.4 Å². The lowest BCUT2D eigenvalue weighted by atomic mass is 10.1. The van der Waals surface area contributed by atoms with Gasteiger partial charge >= 0.3 is 5.76 Å². The molecule has 4 rings (SSSR count). The first kappa shape index (κ1) is 26.8. The first-order valence-electron chi connectivity index (χ1n) is 11.8. The molecule has 0 aliphatic carbocycles. The minimum Gasteiger partial charge on any atom is -0.372 e. The molecule has 0 radical (unpaired) electrons. The predicted octanol–water partition coefficient (Wildman–Crippen LogP) is 2.11. The van der Waals surface area contributed by atoms with Crippen LogP contribution in [0.25, 0.3) is 22.3 Å². The number of morpholine rings is 1. The first-order chi connectivity index (χ1) is 17.6. The second-order valence-electron chi connectivity index (χ2n) is 8.83. The van der Waals surface area contributed by atoms with Crippen molar-refractivity contribution in [3.8, 4) is 11.4 Å². The smallest absolute Gasteiger partial charge is 0.350 e. The molecule has 2 atom stereocenters. The summed E-state index contributed by atoms with van der Waals surface area (Å²) in [7, 11) is -4.69. The molecule has 4 heterocycles. The molecule has 1 aliphatic heterocycles. The fourth-order valence-electron chi connectivity index (χ4n) is 4.09. The Hall–Kier alpha value is -3.29. The Morgan fingerprint density at radius 2 is 1.84 bits per heavy atom. The number of sulfonamides is 1. The molecule has 0 unspecified atom stereocenters. The third-order valence-electron chi connectivity index (χ3n) is 5.70. The Morgan fingerprint density at radius 3 is 2.57 bits per heavy atom. The van der Waals surface area contributed by atoms with Crippen molar-refractivity contribution in [3.05, 3.63) is 48.3 Å². The number of carbonyl (C=O) groups excluding carboxylic acids is 1. The number of nitrogens with one attached hydrogen (secondary N) is 2. The average Bonchev–Trinajstić information content (AvgIpc) is 2.85. The second kappa shape index (κ2) is 11.4. The number of nitrogens with zero attached hydrogens (tertiary/aromatic N) is 4. The lowest BCUT2D eigenvalue weighted by Crippen LogP contribution is -2.45. The van der Waals surface area contributed by atoms with E-state index in [0.717, 1.165) is 24.3 Å². The highest BCUT2D eigenvalue weighted by Gasteiger charge is 2.24. The number of amides is 1. The standard InChI is InChI=1S/C24H28F2N6O4S/c1-15-13-32(14-16(2)36-15)22-5-3-4-19(31-22)20-7-6-17-12-28-18(10-21(17)30-20)11-23(33)27-8-9-29-37(34,35)24(25)26/h3-7,10,12,15-16,24,29H,8-9,11,13-14H2,1-2H3,(H,27,33)/t15-,16+. The molecular formula is C24H28F2N6O4S. The molecule has 1 amide bonds. The van der Waals surface area contributed by atoms with Crippen LogP contribution in [0.5, 0.6) is 0 Å². The van der Waals surface area contributed by atoms with Crippen LogP contribution in [0.2, 0.25) is 0 Å². The van der Waals surface area contributed by atoms with Crippen molar-refractivity contribution < 1.29 is 26.7 Å². The van der Waals surface area contributed by atoms with Crippen LogP contribution in [0.4, 0.5) is 14.6 Å². The van der Waals surface area contributed by atoms with Gasteiger partial charge in [0.15, 0.2) is 0 Å². The van der Waals surface area contributed by atoms with Gasteiger partial charge in [0.05, 0.1) is 41.2 Å². The highest BCUT2D eigenvalue weighted by Crippen LogP contribution is 2.24. The number of halogens is 2. The maximum absolute atomic E-state index is 12.3. The highest BCUT2D eigenvalue weighted by molar-refractivity contribution is 7.89. The molecule has 1 saturated heterocycles. The SMILES string of the molecule is C[C@@H]1CN(c2cccc(-c3ccc4cnc(CC(=O)NCCNS(=O)(=O)C(F)F)cc4n3)n2)C[C@H](C)O1. The molecule has 10 nitrogen and oxygen atoms in total. The van der Waals surface area contributed by atoms with Crippen molar-refractivity contribution in [3.63, 3.8) is 0 Å². The summed E-state index contributed by atoms with van der Waals surface area (Å²) in [5.41, 5.74) is 2.49. The lowest BCUT2D eigenvalue weighted by Gasteiger charge is -2.36. The quantitative estimate of drug-likeness (QED) is 0.400. The Kier molecular flexibility index (Phi) is 8.25. The van der Waals surface area contributed by atoms with Gasteiger partial charge in [-0.05, 0) is 44.2 Å². The van der Waals surface area contributed by atoms with E-state index < -0.39 is 21.7 Å². The number of hydrogen-bond acceptors (Lipinski definition) is 8. The monoisotopic (exact) mass is 534 g/mol. The summed E-state index contributed by atoms with van der Waals surface area (Å²) >= 11 is 0. The number of rotatable bonds is 9. The molecular weight excluding hydrogens is 506 g/mol. The molecule has 13 heteroatoms. The van der Waals surface area contributed by atoms with Gasteiger partial charge in [-0.2, -0.15) is 8.78 Å². The van der Waals surface area contributed by atoms with Gasteiger partial charge in [-0.1, -0.05) is 6.07 Å². The van der Waals surface area contributed by atoms with Crippen LogP contribution in [0.15, 0.2) is 42.6 Å². The summed E-state index contributed by atoms with van der Waals surface area (Å²) in [6, 6.07) is 11.3. The van der Waals surface area contributed by atoms with Crippen molar-refractivity contribution in [2.75, 3.05) is 31.1 Å². The zero-order chi connectivity index (χ0) is 26.6. The van der Waals surface area contributed by atoms with Crippen molar-refractivity contribution in [2.24, 2.45) is 0 Å². The second-order valence-corrected chi connectivity index (χ2v) is 10.6. The fraction of sp³-hybridized carbons (Fsp3) is 0.417. The number of hydrogen-bond donors (Lipinski definition) is 2. The van der Waals surface area contributed by atoms with E-state index in [1.807, 2.05) is 44.2 Å². The Labute approximate surface area is 213 Å². The molecule has 0 aromatic carbocycles. The average molecular weight is 535 g/mol. The normalized spacial score (nSPS) is 18.4. The molecule has 3 aromatic heterocycles. The topological polar surface area (TPSA) is 126 Å². The van der Waals surface area contributed by atoms with Crippen LogP contribution >= 0.6 is 0 Å². The van der Waals surface area contributed by atoms with Gasteiger partial charge in [0.25, 0.3) is 10.0 Å². The van der Waals surface area contributed by atoms with E-state index in [4.69, 9.17) is 14.7 Å². The van der Waals surface area contributed by atoms with Crippen LogP contribution in [0.3, 0.4) is 0 Å². The number of anilines is 1. The van der Waals surface area contributed by atoms with E-state index in [2.05, 4.69) is 15.2 Å². The van der Waals surface area contributed by atoms with Crippen molar-refractivity contribution in [1.82, 2.24) is 25.0 Å². The fourth-order valence-corrected chi connectivity index (χ4v) is 4.60. The van der Waals surface area contributed by atoms with Crippen molar-refractivity contribution in [2.45, 2.75) is 38.2 Å². The van der Waals surface area contributed by atoms with E-state index in [-0.39, 0.29) is 31.7 Å². The van der Waals surface area contributed by atoms with E-state index in [1.54, 1.807) is 17.0 Å². The number of aromatic nitrogens is 3. The third-order valence-corrected chi connectivity index (χ3v) is 6.77. The minimum absolute atomic E-state index is 0.0788. The van der Waals surface area contributed by atoms with Gasteiger partial charge in [-0.15, -0.1) is 0 Å². The number of carbonyl (C=O) groups is 1.